The first kappa shape index (κ1) is 15.2. The van der Waals surface area contributed by atoms with Gasteiger partial charge >= 0.3 is 12.0 Å². The Bertz CT molecular complexity index is 532. The maximum Gasteiger partial charge on any atom is 0.326 e. The van der Waals surface area contributed by atoms with E-state index in [4.69, 9.17) is 9.84 Å². The van der Waals surface area contributed by atoms with E-state index in [-0.39, 0.29) is 6.03 Å². The van der Waals surface area contributed by atoms with Crippen LogP contribution in [0.5, 0.6) is 5.75 Å². The Hall–Kier alpha value is -2.24. The first-order valence-corrected chi connectivity index (χ1v) is 6.90. The molecule has 1 heterocycles. The number of benzene rings is 1. The molecule has 6 heteroatoms. The van der Waals surface area contributed by atoms with E-state index < -0.39 is 12.0 Å². The molecule has 6 nitrogen and oxygen atoms in total. The Labute approximate surface area is 123 Å². The van der Waals surface area contributed by atoms with Crippen molar-refractivity contribution in [3.8, 4) is 5.75 Å². The van der Waals surface area contributed by atoms with Gasteiger partial charge < -0.3 is 19.6 Å². The number of nitrogens with zero attached hydrogens (tertiary/aromatic N) is 2. The number of aliphatic carboxylic acids is 1. The molecule has 0 aliphatic carbocycles. The smallest absolute Gasteiger partial charge is 0.326 e. The SMILES string of the molecule is COc1cccc(CN(C)C(=O)N2CCC[C@H]2C(=O)O)c1. The second-order valence-corrected chi connectivity index (χ2v) is 5.18. The van der Waals surface area contributed by atoms with Gasteiger partial charge in [0.05, 0.1) is 7.11 Å². The van der Waals surface area contributed by atoms with Crippen molar-refractivity contribution < 1.29 is 19.4 Å². The monoisotopic (exact) mass is 292 g/mol. The maximum atomic E-state index is 12.4. The summed E-state index contributed by atoms with van der Waals surface area (Å²) < 4.78 is 5.15. The molecule has 114 valence electrons. The van der Waals surface area contributed by atoms with Gasteiger partial charge in [0.25, 0.3) is 0 Å². The van der Waals surface area contributed by atoms with Gasteiger partial charge in [0.1, 0.15) is 11.8 Å². The van der Waals surface area contributed by atoms with Crippen molar-refractivity contribution >= 4 is 12.0 Å². The quantitative estimate of drug-likeness (QED) is 0.918. The van der Waals surface area contributed by atoms with Crippen LogP contribution in [0.25, 0.3) is 0 Å². The molecule has 0 saturated carbocycles. The predicted molar refractivity (Wildman–Crippen MR) is 77.2 cm³/mol. The first-order valence-electron chi connectivity index (χ1n) is 6.90. The van der Waals surface area contributed by atoms with Gasteiger partial charge in [-0.05, 0) is 30.5 Å². The molecule has 1 aromatic rings. The standard InChI is InChI=1S/C15H20N2O4/c1-16(10-11-5-3-6-12(9-11)21-2)15(20)17-8-4-7-13(17)14(18)19/h3,5-6,9,13H,4,7-8,10H2,1-2H3,(H,18,19)/t13-/m0/s1. The summed E-state index contributed by atoms with van der Waals surface area (Å²) in [6, 6.07) is 6.52. The number of amides is 2. The van der Waals surface area contributed by atoms with Crippen LogP contribution in [0, 0.1) is 0 Å². The Morgan fingerprint density at radius 3 is 2.90 bits per heavy atom. The molecule has 1 saturated heterocycles. The molecule has 2 amide bonds. The molecule has 0 spiro atoms. The minimum Gasteiger partial charge on any atom is -0.497 e. The zero-order chi connectivity index (χ0) is 15.4. The summed E-state index contributed by atoms with van der Waals surface area (Å²) in [6.45, 7) is 0.914. The molecular formula is C15H20N2O4. The molecule has 1 N–H and O–H groups in total. The van der Waals surface area contributed by atoms with Gasteiger partial charge in [-0.3, -0.25) is 0 Å². The summed E-state index contributed by atoms with van der Waals surface area (Å²) in [6.07, 6.45) is 1.25. The average molecular weight is 292 g/mol. The number of carboxylic acid groups (broad SMARTS) is 1. The predicted octanol–water partition coefficient (Wildman–Crippen LogP) is 1.80. The summed E-state index contributed by atoms with van der Waals surface area (Å²) >= 11 is 0. The van der Waals surface area contributed by atoms with Crippen LogP contribution in [0.1, 0.15) is 18.4 Å². The summed E-state index contributed by atoms with van der Waals surface area (Å²) in [5.74, 6) is -0.200. The molecule has 1 fully saturated rings. The van der Waals surface area contributed by atoms with E-state index in [0.29, 0.717) is 19.5 Å². The Morgan fingerprint density at radius 2 is 2.24 bits per heavy atom. The number of hydrogen-bond donors (Lipinski definition) is 1. The van der Waals surface area contributed by atoms with Crippen LogP contribution >= 0.6 is 0 Å². The van der Waals surface area contributed by atoms with Crippen molar-refractivity contribution in [3.63, 3.8) is 0 Å². The molecule has 21 heavy (non-hydrogen) atoms. The van der Waals surface area contributed by atoms with Crippen LogP contribution < -0.4 is 4.74 Å². The summed E-state index contributed by atoms with van der Waals surface area (Å²) in [5.41, 5.74) is 0.941. The number of methoxy groups -OCH3 is 1. The average Bonchev–Trinajstić information content (AvgIpc) is 2.96. The fraction of sp³-hybridized carbons (Fsp3) is 0.467. The van der Waals surface area contributed by atoms with Gasteiger partial charge in [-0.15, -0.1) is 0 Å². The third-order valence-corrected chi connectivity index (χ3v) is 3.66. The minimum absolute atomic E-state index is 0.247. The van der Waals surface area contributed by atoms with Crippen molar-refractivity contribution in [1.82, 2.24) is 9.80 Å². The van der Waals surface area contributed by atoms with Crippen LogP contribution in [0.15, 0.2) is 24.3 Å². The highest BCUT2D eigenvalue weighted by Gasteiger charge is 2.35. The molecular weight excluding hydrogens is 272 g/mol. The van der Waals surface area contributed by atoms with E-state index in [1.54, 1.807) is 14.2 Å². The van der Waals surface area contributed by atoms with Crippen LogP contribution in [-0.2, 0) is 11.3 Å². The molecule has 0 aromatic heterocycles. The Morgan fingerprint density at radius 1 is 1.48 bits per heavy atom. The third-order valence-electron chi connectivity index (χ3n) is 3.66. The van der Waals surface area contributed by atoms with Gasteiger partial charge in [-0.25, -0.2) is 9.59 Å². The van der Waals surface area contributed by atoms with E-state index >= 15 is 0 Å². The van der Waals surface area contributed by atoms with Gasteiger partial charge in [0, 0.05) is 20.1 Å². The Balaban J connectivity index is 2.03. The van der Waals surface area contributed by atoms with Crippen LogP contribution in [0.4, 0.5) is 4.79 Å². The van der Waals surface area contributed by atoms with Crippen molar-refractivity contribution in [3.05, 3.63) is 29.8 Å². The Kier molecular flexibility index (Phi) is 4.67. The highest BCUT2D eigenvalue weighted by atomic mass is 16.5. The van der Waals surface area contributed by atoms with Crippen LogP contribution in [-0.4, -0.2) is 53.7 Å². The number of likely N-dealkylation sites (tertiary alicyclic amines) is 1. The van der Waals surface area contributed by atoms with E-state index in [9.17, 15) is 9.59 Å². The number of carboxylic acids is 1. The fourth-order valence-electron chi connectivity index (χ4n) is 2.58. The van der Waals surface area contributed by atoms with Gasteiger partial charge in [0.2, 0.25) is 0 Å². The van der Waals surface area contributed by atoms with E-state index in [1.165, 1.54) is 9.80 Å². The molecule has 2 rings (SSSR count). The van der Waals surface area contributed by atoms with Crippen LogP contribution in [0.2, 0.25) is 0 Å². The second-order valence-electron chi connectivity index (χ2n) is 5.18. The van der Waals surface area contributed by atoms with Crippen LogP contribution in [0.3, 0.4) is 0 Å². The second kappa shape index (κ2) is 6.47. The lowest BCUT2D eigenvalue weighted by Crippen LogP contribution is -2.46. The summed E-state index contributed by atoms with van der Waals surface area (Å²) in [4.78, 5) is 26.5. The fourth-order valence-corrected chi connectivity index (χ4v) is 2.58. The van der Waals surface area contributed by atoms with E-state index in [1.807, 2.05) is 24.3 Å². The molecule has 0 unspecified atom stereocenters. The topological polar surface area (TPSA) is 70.1 Å². The van der Waals surface area contributed by atoms with Gasteiger partial charge in [-0.2, -0.15) is 0 Å². The van der Waals surface area contributed by atoms with Crippen molar-refractivity contribution in [2.45, 2.75) is 25.4 Å². The number of carbonyl (C=O) groups is 2. The normalized spacial score (nSPS) is 17.6. The lowest BCUT2D eigenvalue weighted by molar-refractivity contribution is -0.141. The molecule has 1 aliphatic heterocycles. The zero-order valence-corrected chi connectivity index (χ0v) is 12.3. The minimum atomic E-state index is -0.935. The highest BCUT2D eigenvalue weighted by Crippen LogP contribution is 2.20. The van der Waals surface area contributed by atoms with Gasteiger partial charge in [0.15, 0.2) is 0 Å². The van der Waals surface area contributed by atoms with Crippen molar-refractivity contribution in [2.75, 3.05) is 20.7 Å². The van der Waals surface area contributed by atoms with Crippen molar-refractivity contribution in [1.29, 1.82) is 0 Å². The number of urea groups is 1. The molecule has 0 bridgehead atoms. The van der Waals surface area contributed by atoms with Gasteiger partial charge in [-0.1, -0.05) is 12.1 Å². The number of carbonyl (C=O) groups excluding carboxylic acids is 1. The van der Waals surface area contributed by atoms with Crippen molar-refractivity contribution in [2.24, 2.45) is 0 Å². The number of ether oxygens (including phenoxy) is 1. The zero-order valence-electron chi connectivity index (χ0n) is 12.3. The lowest BCUT2D eigenvalue weighted by atomic mass is 10.2. The number of hydrogen-bond acceptors (Lipinski definition) is 3. The van der Waals surface area contributed by atoms with E-state index in [0.717, 1.165) is 17.7 Å². The first-order chi connectivity index (χ1) is 10.0. The summed E-state index contributed by atoms with van der Waals surface area (Å²) in [7, 11) is 3.27. The van der Waals surface area contributed by atoms with E-state index in [2.05, 4.69) is 0 Å². The number of rotatable bonds is 4. The maximum absolute atomic E-state index is 12.4. The molecule has 1 atom stereocenters. The third kappa shape index (κ3) is 3.45. The molecule has 1 aromatic carbocycles. The largest absolute Gasteiger partial charge is 0.497 e. The lowest BCUT2D eigenvalue weighted by Gasteiger charge is -2.27. The molecule has 0 radical (unpaired) electrons. The summed E-state index contributed by atoms with van der Waals surface area (Å²) in [5, 5.41) is 9.14. The highest BCUT2D eigenvalue weighted by molar-refractivity contribution is 5.83. The molecule has 1 aliphatic rings.